The fourth-order valence-electron chi connectivity index (χ4n) is 2.32. The highest BCUT2D eigenvalue weighted by atomic mass is 35.5. The smallest absolute Gasteiger partial charge is 0.268 e. The molecule has 2 aromatic rings. The zero-order valence-corrected chi connectivity index (χ0v) is 13.3. The number of aromatic amines is 1. The van der Waals surface area contributed by atoms with Gasteiger partial charge >= 0.3 is 0 Å². The van der Waals surface area contributed by atoms with Crippen molar-refractivity contribution in [1.82, 2.24) is 15.6 Å². The molecule has 1 aromatic heterocycles. The van der Waals surface area contributed by atoms with Crippen molar-refractivity contribution in [3.63, 3.8) is 0 Å². The average molecular weight is 332 g/mol. The summed E-state index contributed by atoms with van der Waals surface area (Å²) in [6.07, 6.45) is 3.99. The maximum Gasteiger partial charge on any atom is 0.268 e. The molecule has 23 heavy (non-hydrogen) atoms. The number of aromatic nitrogens is 1. The van der Waals surface area contributed by atoms with E-state index < -0.39 is 6.04 Å². The Morgan fingerprint density at radius 1 is 1.26 bits per heavy atom. The van der Waals surface area contributed by atoms with Gasteiger partial charge < -0.3 is 15.6 Å². The molecule has 1 fully saturated rings. The molecular formula is C17H18ClN3O2. The lowest BCUT2D eigenvalue weighted by atomic mass is 10.0. The van der Waals surface area contributed by atoms with Gasteiger partial charge in [0, 0.05) is 18.7 Å². The highest BCUT2D eigenvalue weighted by Crippen LogP contribution is 2.19. The number of carbonyl (C=O) groups is 2. The van der Waals surface area contributed by atoms with Gasteiger partial charge in [0.25, 0.3) is 5.91 Å². The lowest BCUT2D eigenvalue weighted by Crippen LogP contribution is -2.48. The Morgan fingerprint density at radius 2 is 2.00 bits per heavy atom. The van der Waals surface area contributed by atoms with Crippen LogP contribution < -0.4 is 10.6 Å². The first-order valence-corrected chi connectivity index (χ1v) is 7.98. The van der Waals surface area contributed by atoms with E-state index in [1.54, 1.807) is 0 Å². The summed E-state index contributed by atoms with van der Waals surface area (Å²) < 4.78 is 0. The molecule has 0 bridgehead atoms. The molecule has 0 radical (unpaired) electrons. The van der Waals surface area contributed by atoms with E-state index >= 15 is 0 Å². The minimum absolute atomic E-state index is 0.151. The summed E-state index contributed by atoms with van der Waals surface area (Å²) in [6.45, 7) is 0. The predicted octanol–water partition coefficient (Wildman–Crippen LogP) is 2.29. The van der Waals surface area contributed by atoms with Gasteiger partial charge in [-0.15, -0.1) is 0 Å². The number of amides is 2. The first kappa shape index (κ1) is 15.6. The van der Waals surface area contributed by atoms with Crippen LogP contribution in [0.3, 0.4) is 0 Å². The molecule has 1 aliphatic carbocycles. The lowest BCUT2D eigenvalue weighted by Gasteiger charge is -2.18. The number of benzene rings is 1. The van der Waals surface area contributed by atoms with Crippen LogP contribution in [0.5, 0.6) is 0 Å². The van der Waals surface area contributed by atoms with Crippen molar-refractivity contribution in [3.8, 4) is 0 Å². The normalized spacial score (nSPS) is 15.0. The van der Waals surface area contributed by atoms with E-state index in [-0.39, 0.29) is 17.9 Å². The Bertz CT molecular complexity index is 695. The molecule has 3 rings (SSSR count). The van der Waals surface area contributed by atoms with Gasteiger partial charge in [0.2, 0.25) is 5.91 Å². The molecule has 2 amide bonds. The van der Waals surface area contributed by atoms with Gasteiger partial charge in [-0.25, -0.2) is 0 Å². The van der Waals surface area contributed by atoms with Crippen molar-refractivity contribution in [1.29, 1.82) is 0 Å². The van der Waals surface area contributed by atoms with Crippen LogP contribution in [-0.2, 0) is 11.2 Å². The molecule has 5 nitrogen and oxygen atoms in total. The number of nitrogens with one attached hydrogen (secondary N) is 3. The largest absolute Gasteiger partial charge is 0.356 e. The summed E-state index contributed by atoms with van der Waals surface area (Å²) in [7, 11) is 0. The third-order valence-corrected chi connectivity index (χ3v) is 3.94. The van der Waals surface area contributed by atoms with Gasteiger partial charge in [0.05, 0.1) is 5.02 Å². The Morgan fingerprint density at radius 3 is 2.61 bits per heavy atom. The van der Waals surface area contributed by atoms with Crippen molar-refractivity contribution in [2.45, 2.75) is 31.3 Å². The summed E-state index contributed by atoms with van der Waals surface area (Å²) in [5, 5.41) is 6.19. The van der Waals surface area contributed by atoms with Gasteiger partial charge in [0.1, 0.15) is 11.7 Å². The Hall–Kier alpha value is -2.27. The van der Waals surface area contributed by atoms with E-state index in [0.29, 0.717) is 17.1 Å². The molecule has 0 spiro atoms. The Kier molecular flexibility index (Phi) is 4.67. The molecule has 3 N–H and O–H groups in total. The van der Waals surface area contributed by atoms with Gasteiger partial charge in [-0.1, -0.05) is 41.9 Å². The first-order chi connectivity index (χ1) is 11.1. The highest BCUT2D eigenvalue weighted by molar-refractivity contribution is 6.31. The molecule has 0 saturated heterocycles. The summed E-state index contributed by atoms with van der Waals surface area (Å²) in [5.41, 5.74) is 1.33. The lowest BCUT2D eigenvalue weighted by molar-refractivity contribution is -0.123. The standard InChI is InChI=1S/C17H18ClN3O2/c18-12-9-14(19-10-12)16(22)21-15(17(23)20-13-6-7-13)8-11-4-2-1-3-5-11/h1-5,9-10,13,15,19H,6-8H2,(H,20,23)(H,21,22). The van der Waals surface area contributed by atoms with E-state index in [0.717, 1.165) is 18.4 Å². The number of halogens is 1. The fraction of sp³-hybridized carbons (Fsp3) is 0.294. The van der Waals surface area contributed by atoms with Crippen LogP contribution in [0.15, 0.2) is 42.6 Å². The van der Waals surface area contributed by atoms with Crippen LogP contribution in [0.1, 0.15) is 28.9 Å². The van der Waals surface area contributed by atoms with Crippen molar-refractivity contribution in [2.24, 2.45) is 0 Å². The highest BCUT2D eigenvalue weighted by Gasteiger charge is 2.28. The monoisotopic (exact) mass is 331 g/mol. The third-order valence-electron chi connectivity index (χ3n) is 3.72. The molecule has 1 aromatic carbocycles. The zero-order valence-electron chi connectivity index (χ0n) is 12.5. The molecule has 1 heterocycles. The molecule has 1 saturated carbocycles. The molecule has 1 aliphatic rings. The first-order valence-electron chi connectivity index (χ1n) is 7.61. The van der Waals surface area contributed by atoms with Gasteiger partial charge in [-0.05, 0) is 24.5 Å². The summed E-state index contributed by atoms with van der Waals surface area (Å²) in [4.78, 5) is 27.5. The van der Waals surface area contributed by atoms with E-state index in [4.69, 9.17) is 11.6 Å². The van der Waals surface area contributed by atoms with Crippen LogP contribution >= 0.6 is 11.6 Å². The second-order valence-corrected chi connectivity index (χ2v) is 6.17. The number of hydrogen-bond acceptors (Lipinski definition) is 2. The Balaban J connectivity index is 1.71. The third kappa shape index (κ3) is 4.36. The minimum Gasteiger partial charge on any atom is -0.356 e. The van der Waals surface area contributed by atoms with Gasteiger partial charge in [-0.3, -0.25) is 9.59 Å². The van der Waals surface area contributed by atoms with Crippen molar-refractivity contribution in [2.75, 3.05) is 0 Å². The average Bonchev–Trinajstić information content (AvgIpc) is 3.25. The zero-order chi connectivity index (χ0) is 16.2. The predicted molar refractivity (Wildman–Crippen MR) is 88.4 cm³/mol. The number of hydrogen-bond donors (Lipinski definition) is 3. The number of H-pyrrole nitrogens is 1. The second kappa shape index (κ2) is 6.87. The molecule has 120 valence electrons. The van der Waals surface area contributed by atoms with Crippen LogP contribution in [0.4, 0.5) is 0 Å². The molecule has 1 unspecified atom stereocenters. The van der Waals surface area contributed by atoms with Crippen LogP contribution in [0, 0.1) is 0 Å². The minimum atomic E-state index is -0.618. The SMILES string of the molecule is O=C(NC(Cc1ccccc1)C(=O)NC1CC1)c1cc(Cl)c[nH]1. The number of carbonyl (C=O) groups excluding carboxylic acids is 2. The molecule has 6 heteroatoms. The molecule has 0 aliphatic heterocycles. The summed E-state index contributed by atoms with van der Waals surface area (Å²) in [5.74, 6) is -0.494. The van der Waals surface area contributed by atoms with E-state index in [9.17, 15) is 9.59 Å². The van der Waals surface area contributed by atoms with E-state index in [1.165, 1.54) is 12.3 Å². The van der Waals surface area contributed by atoms with Crippen molar-refractivity contribution < 1.29 is 9.59 Å². The Labute approximate surface area is 139 Å². The molecule has 1 atom stereocenters. The van der Waals surface area contributed by atoms with E-state index in [2.05, 4.69) is 15.6 Å². The van der Waals surface area contributed by atoms with Gasteiger partial charge in [0.15, 0.2) is 0 Å². The van der Waals surface area contributed by atoms with Crippen LogP contribution in [-0.4, -0.2) is 28.9 Å². The maximum absolute atomic E-state index is 12.4. The second-order valence-electron chi connectivity index (χ2n) is 5.73. The number of rotatable bonds is 6. The summed E-state index contributed by atoms with van der Waals surface area (Å²) >= 11 is 5.82. The van der Waals surface area contributed by atoms with Crippen LogP contribution in [0.25, 0.3) is 0 Å². The van der Waals surface area contributed by atoms with E-state index in [1.807, 2.05) is 30.3 Å². The van der Waals surface area contributed by atoms with Crippen LogP contribution in [0.2, 0.25) is 5.02 Å². The summed E-state index contributed by atoms with van der Waals surface area (Å²) in [6, 6.07) is 10.8. The molecular weight excluding hydrogens is 314 g/mol. The maximum atomic E-state index is 12.4. The van der Waals surface area contributed by atoms with Gasteiger partial charge in [-0.2, -0.15) is 0 Å². The fourth-order valence-corrected chi connectivity index (χ4v) is 2.49. The topological polar surface area (TPSA) is 74.0 Å². The quantitative estimate of drug-likeness (QED) is 0.759. The van der Waals surface area contributed by atoms with Crippen molar-refractivity contribution in [3.05, 3.63) is 58.9 Å². The van der Waals surface area contributed by atoms with Crippen molar-refractivity contribution >= 4 is 23.4 Å².